The summed E-state index contributed by atoms with van der Waals surface area (Å²) in [4.78, 5) is 0. The molecule has 0 spiro atoms. The lowest BCUT2D eigenvalue weighted by Crippen LogP contribution is -2.35. The largest absolute Gasteiger partial charge is 0.317 e. The summed E-state index contributed by atoms with van der Waals surface area (Å²) >= 11 is 0. The summed E-state index contributed by atoms with van der Waals surface area (Å²) in [5.41, 5.74) is 1.94. The first kappa shape index (κ1) is 12.5. The average molecular weight is 236 g/mol. The summed E-state index contributed by atoms with van der Waals surface area (Å²) < 4.78 is 13.3. The fourth-order valence-electron chi connectivity index (χ4n) is 2.71. The van der Waals surface area contributed by atoms with Gasteiger partial charge in [-0.05, 0) is 63.0 Å². The second-order valence-electron chi connectivity index (χ2n) is 4.86. The molecule has 1 fully saturated rings. The zero-order valence-corrected chi connectivity index (χ0v) is 10.6. The van der Waals surface area contributed by atoms with Crippen LogP contribution in [0.5, 0.6) is 0 Å². The van der Waals surface area contributed by atoms with E-state index >= 15 is 0 Å². The van der Waals surface area contributed by atoms with E-state index in [1.807, 2.05) is 26.1 Å². The van der Waals surface area contributed by atoms with Gasteiger partial charge in [0, 0.05) is 6.04 Å². The molecule has 0 saturated carbocycles. The molecule has 1 heterocycles. The summed E-state index contributed by atoms with van der Waals surface area (Å²) in [7, 11) is 1.99. The van der Waals surface area contributed by atoms with Crippen molar-refractivity contribution in [3.63, 3.8) is 0 Å². The zero-order valence-electron chi connectivity index (χ0n) is 10.6. The Kier molecular flexibility index (Phi) is 4.13. The van der Waals surface area contributed by atoms with Crippen LogP contribution in [-0.4, -0.2) is 20.1 Å². The minimum absolute atomic E-state index is 0.117. The highest BCUT2D eigenvalue weighted by Gasteiger charge is 2.23. The maximum Gasteiger partial charge on any atom is 0.126 e. The van der Waals surface area contributed by atoms with E-state index in [1.54, 1.807) is 6.07 Å². The van der Waals surface area contributed by atoms with Crippen LogP contribution in [0.4, 0.5) is 4.39 Å². The van der Waals surface area contributed by atoms with Gasteiger partial charge in [0.2, 0.25) is 0 Å². The first-order valence-electron chi connectivity index (χ1n) is 6.36. The molecule has 1 aromatic rings. The first-order valence-corrected chi connectivity index (χ1v) is 6.36. The predicted octanol–water partition coefficient (Wildman–Crippen LogP) is 2.39. The van der Waals surface area contributed by atoms with Crippen molar-refractivity contribution in [2.24, 2.45) is 5.92 Å². The predicted molar refractivity (Wildman–Crippen MR) is 68.5 cm³/mol. The van der Waals surface area contributed by atoms with E-state index in [0.29, 0.717) is 12.0 Å². The van der Waals surface area contributed by atoms with E-state index < -0.39 is 0 Å². The molecule has 0 bridgehead atoms. The minimum Gasteiger partial charge on any atom is -0.317 e. The molecule has 1 saturated heterocycles. The van der Waals surface area contributed by atoms with Crippen molar-refractivity contribution in [1.82, 2.24) is 10.6 Å². The van der Waals surface area contributed by atoms with Crippen molar-refractivity contribution < 1.29 is 4.39 Å². The van der Waals surface area contributed by atoms with Gasteiger partial charge in [-0.15, -0.1) is 0 Å². The van der Waals surface area contributed by atoms with Crippen LogP contribution in [-0.2, 0) is 0 Å². The third kappa shape index (κ3) is 2.85. The molecular weight excluding hydrogens is 215 g/mol. The topological polar surface area (TPSA) is 24.1 Å². The standard InChI is InChI=1S/C14H21FN2/c1-10-9-12(3-4-13(10)15)14(16-2)11-5-7-17-8-6-11/h3-4,9,11,14,16-17H,5-8H2,1-2H3. The second kappa shape index (κ2) is 5.61. The third-order valence-electron chi connectivity index (χ3n) is 3.71. The lowest BCUT2D eigenvalue weighted by molar-refractivity contribution is 0.293. The van der Waals surface area contributed by atoms with Crippen LogP contribution < -0.4 is 10.6 Å². The summed E-state index contributed by atoms with van der Waals surface area (Å²) in [6, 6.07) is 5.80. The normalized spacial score (nSPS) is 19.2. The van der Waals surface area contributed by atoms with Gasteiger partial charge in [-0.1, -0.05) is 12.1 Å². The Morgan fingerprint density at radius 3 is 2.65 bits per heavy atom. The smallest absolute Gasteiger partial charge is 0.126 e. The van der Waals surface area contributed by atoms with Gasteiger partial charge in [-0.2, -0.15) is 0 Å². The van der Waals surface area contributed by atoms with E-state index in [1.165, 1.54) is 18.4 Å². The van der Waals surface area contributed by atoms with Gasteiger partial charge in [0.05, 0.1) is 0 Å². The third-order valence-corrected chi connectivity index (χ3v) is 3.71. The quantitative estimate of drug-likeness (QED) is 0.842. The van der Waals surface area contributed by atoms with Crippen LogP contribution in [0.3, 0.4) is 0 Å². The van der Waals surface area contributed by atoms with E-state index in [4.69, 9.17) is 0 Å². The first-order chi connectivity index (χ1) is 8.22. The fraction of sp³-hybridized carbons (Fsp3) is 0.571. The van der Waals surface area contributed by atoms with Crippen molar-refractivity contribution in [3.8, 4) is 0 Å². The Balaban J connectivity index is 2.18. The van der Waals surface area contributed by atoms with Crippen LogP contribution in [0.1, 0.15) is 30.0 Å². The molecule has 17 heavy (non-hydrogen) atoms. The van der Waals surface area contributed by atoms with E-state index in [9.17, 15) is 4.39 Å². The highest BCUT2D eigenvalue weighted by Crippen LogP contribution is 2.29. The molecule has 1 atom stereocenters. The molecule has 2 N–H and O–H groups in total. The lowest BCUT2D eigenvalue weighted by Gasteiger charge is -2.31. The van der Waals surface area contributed by atoms with E-state index in [-0.39, 0.29) is 5.82 Å². The molecule has 3 heteroatoms. The van der Waals surface area contributed by atoms with Crippen LogP contribution in [0.25, 0.3) is 0 Å². The Labute approximate surface area is 103 Å². The molecule has 1 unspecified atom stereocenters. The van der Waals surface area contributed by atoms with Crippen LogP contribution in [0, 0.1) is 18.7 Å². The van der Waals surface area contributed by atoms with Crippen LogP contribution in [0.2, 0.25) is 0 Å². The van der Waals surface area contributed by atoms with E-state index in [2.05, 4.69) is 10.6 Å². The second-order valence-corrected chi connectivity index (χ2v) is 4.86. The van der Waals surface area contributed by atoms with Crippen molar-refractivity contribution >= 4 is 0 Å². The Morgan fingerprint density at radius 2 is 2.06 bits per heavy atom. The molecule has 2 nitrogen and oxygen atoms in total. The van der Waals surface area contributed by atoms with Crippen molar-refractivity contribution in [2.75, 3.05) is 20.1 Å². The minimum atomic E-state index is -0.117. The number of rotatable bonds is 3. The van der Waals surface area contributed by atoms with Crippen LogP contribution in [0.15, 0.2) is 18.2 Å². The van der Waals surface area contributed by atoms with Gasteiger partial charge in [-0.3, -0.25) is 0 Å². The molecule has 0 amide bonds. The zero-order chi connectivity index (χ0) is 12.3. The van der Waals surface area contributed by atoms with Crippen LogP contribution >= 0.6 is 0 Å². The number of nitrogens with one attached hydrogen (secondary N) is 2. The van der Waals surface area contributed by atoms with Gasteiger partial charge >= 0.3 is 0 Å². The maximum atomic E-state index is 13.3. The molecule has 2 rings (SSSR count). The summed E-state index contributed by atoms with van der Waals surface area (Å²) in [6.45, 7) is 4.00. The molecular formula is C14H21FN2. The molecule has 0 radical (unpaired) electrons. The summed E-state index contributed by atoms with van der Waals surface area (Å²) in [5, 5.41) is 6.76. The SMILES string of the molecule is CNC(c1ccc(F)c(C)c1)C1CCNCC1. The van der Waals surface area contributed by atoms with Gasteiger partial charge < -0.3 is 10.6 Å². The molecule has 1 aliphatic heterocycles. The Hall–Kier alpha value is -0.930. The van der Waals surface area contributed by atoms with E-state index in [0.717, 1.165) is 18.7 Å². The number of aryl methyl sites for hydroxylation is 1. The highest BCUT2D eigenvalue weighted by molar-refractivity contribution is 5.27. The van der Waals surface area contributed by atoms with Crippen molar-refractivity contribution in [3.05, 3.63) is 35.1 Å². The van der Waals surface area contributed by atoms with Gasteiger partial charge in [-0.25, -0.2) is 4.39 Å². The summed E-state index contributed by atoms with van der Waals surface area (Å²) in [6.07, 6.45) is 2.36. The summed E-state index contributed by atoms with van der Waals surface area (Å²) in [5.74, 6) is 0.528. The van der Waals surface area contributed by atoms with Crippen molar-refractivity contribution in [2.45, 2.75) is 25.8 Å². The number of piperidine rings is 1. The number of benzene rings is 1. The highest BCUT2D eigenvalue weighted by atomic mass is 19.1. The fourth-order valence-corrected chi connectivity index (χ4v) is 2.71. The molecule has 94 valence electrons. The lowest BCUT2D eigenvalue weighted by atomic mass is 9.85. The average Bonchev–Trinajstić information content (AvgIpc) is 2.36. The molecule has 0 aliphatic carbocycles. The Bertz CT molecular complexity index is 372. The monoisotopic (exact) mass is 236 g/mol. The molecule has 1 aromatic carbocycles. The number of halogens is 1. The molecule has 1 aliphatic rings. The Morgan fingerprint density at radius 1 is 1.35 bits per heavy atom. The molecule has 0 aromatic heterocycles. The van der Waals surface area contributed by atoms with Gasteiger partial charge in [0.1, 0.15) is 5.82 Å². The number of hydrogen-bond donors (Lipinski definition) is 2. The van der Waals surface area contributed by atoms with Gasteiger partial charge in [0.25, 0.3) is 0 Å². The maximum absolute atomic E-state index is 13.3. The van der Waals surface area contributed by atoms with Crippen molar-refractivity contribution in [1.29, 1.82) is 0 Å². The van der Waals surface area contributed by atoms with Gasteiger partial charge in [0.15, 0.2) is 0 Å². The number of hydrogen-bond acceptors (Lipinski definition) is 2.